The van der Waals surface area contributed by atoms with Gasteiger partial charge in [-0.2, -0.15) is 13.2 Å². The van der Waals surface area contributed by atoms with Crippen LogP contribution in [0.15, 0.2) is 24.5 Å². The fraction of sp³-hybridized carbons (Fsp3) is 0.615. The van der Waals surface area contributed by atoms with Crippen LogP contribution in [0.5, 0.6) is 0 Å². The number of nitrogens with one attached hydrogen (secondary N) is 2. The molecule has 2 saturated carbocycles. The van der Waals surface area contributed by atoms with Crippen LogP contribution in [0, 0.1) is 5.92 Å². The molecule has 0 atom stereocenters. The Labute approximate surface area is 218 Å². The van der Waals surface area contributed by atoms with Gasteiger partial charge in [-0.05, 0) is 81.1 Å². The van der Waals surface area contributed by atoms with Crippen LogP contribution in [0.1, 0.15) is 73.2 Å². The highest BCUT2D eigenvalue weighted by atomic mass is 19.4. The van der Waals surface area contributed by atoms with E-state index in [1.807, 2.05) is 17.3 Å². The first-order valence-electron chi connectivity index (χ1n) is 13.2. The first kappa shape index (κ1) is 26.7. The predicted octanol–water partition coefficient (Wildman–Crippen LogP) is 4.75. The summed E-state index contributed by atoms with van der Waals surface area (Å²) in [6.07, 6.45) is 6.48. The van der Waals surface area contributed by atoms with E-state index in [0.29, 0.717) is 17.8 Å². The third-order valence-corrected chi connectivity index (χ3v) is 7.56. The Morgan fingerprint density at radius 3 is 2.18 bits per heavy atom. The Kier molecular flexibility index (Phi) is 8.08. The Hall–Kier alpha value is -2.86. The summed E-state index contributed by atoms with van der Waals surface area (Å²) in [6, 6.07) is 4.63. The van der Waals surface area contributed by atoms with E-state index in [0.717, 1.165) is 36.3 Å². The van der Waals surface area contributed by atoms with E-state index in [1.165, 1.54) is 69.4 Å². The first-order chi connectivity index (χ1) is 18.3. The Balaban J connectivity index is 0.000000323. The number of aromatic nitrogens is 3. The van der Waals surface area contributed by atoms with E-state index < -0.39 is 12.1 Å². The number of hydrogen-bond acceptors (Lipinski definition) is 8. The third-order valence-electron chi connectivity index (χ3n) is 7.56. The van der Waals surface area contributed by atoms with E-state index in [2.05, 4.69) is 37.6 Å². The summed E-state index contributed by atoms with van der Waals surface area (Å²) in [5.41, 5.74) is 3.79. The smallest absolute Gasteiger partial charge is 0.324 e. The summed E-state index contributed by atoms with van der Waals surface area (Å²) in [6.45, 7) is 5.86. The van der Waals surface area contributed by atoms with Gasteiger partial charge in [0, 0.05) is 41.7 Å². The average Bonchev–Trinajstić information content (AvgIpc) is 3.78. The van der Waals surface area contributed by atoms with Crippen LogP contribution in [0.25, 0.3) is 0 Å². The van der Waals surface area contributed by atoms with E-state index in [9.17, 15) is 17.7 Å². The van der Waals surface area contributed by atoms with Gasteiger partial charge in [0.2, 0.25) is 0 Å². The molecule has 2 aliphatic carbocycles. The molecule has 4 heterocycles. The molecule has 0 aromatic carbocycles. The lowest BCUT2D eigenvalue weighted by Crippen LogP contribution is -2.40. The number of alkyl halides is 3. The Morgan fingerprint density at radius 2 is 1.68 bits per heavy atom. The summed E-state index contributed by atoms with van der Waals surface area (Å²) in [5, 5.41) is 6.83. The lowest BCUT2D eigenvalue weighted by Gasteiger charge is -2.33. The van der Waals surface area contributed by atoms with Gasteiger partial charge in [0.15, 0.2) is 0 Å². The lowest BCUT2D eigenvalue weighted by atomic mass is 9.87. The van der Waals surface area contributed by atoms with Crippen LogP contribution in [0.3, 0.4) is 0 Å². The second kappa shape index (κ2) is 11.5. The molecule has 0 amide bonds. The maximum absolute atomic E-state index is 10.7. The Bertz CT molecular complexity index is 1100. The number of anilines is 2. The van der Waals surface area contributed by atoms with Crippen molar-refractivity contribution in [1.29, 1.82) is 0 Å². The van der Waals surface area contributed by atoms with E-state index in [1.54, 1.807) is 0 Å². The van der Waals surface area contributed by atoms with E-state index in [4.69, 9.17) is 9.78 Å². The minimum atomic E-state index is -5.23. The van der Waals surface area contributed by atoms with Crippen molar-refractivity contribution in [3.8, 4) is 0 Å². The summed E-state index contributed by atoms with van der Waals surface area (Å²) < 4.78 is 42.5. The fourth-order valence-corrected chi connectivity index (χ4v) is 4.86. The molecule has 0 spiro atoms. The third kappa shape index (κ3) is 7.16. The molecule has 0 unspecified atom stereocenters. The molecule has 38 heavy (non-hydrogen) atoms. The maximum Gasteiger partial charge on any atom is 0.494 e. The van der Waals surface area contributed by atoms with Gasteiger partial charge >= 0.3 is 12.1 Å². The van der Waals surface area contributed by atoms with Crippen molar-refractivity contribution in [2.24, 2.45) is 5.92 Å². The van der Waals surface area contributed by atoms with Crippen molar-refractivity contribution in [1.82, 2.24) is 25.2 Å². The molecule has 2 N–H and O–H groups in total. The van der Waals surface area contributed by atoms with Crippen molar-refractivity contribution in [3.63, 3.8) is 0 Å². The molecular weight excluding hydrogens is 504 g/mol. The number of likely N-dealkylation sites (tertiary alicyclic amines) is 1. The number of piperidine rings is 1. The molecule has 8 nitrogen and oxygen atoms in total. The highest BCUT2D eigenvalue weighted by molar-refractivity contribution is 5.74. The van der Waals surface area contributed by atoms with E-state index >= 15 is 0 Å². The van der Waals surface area contributed by atoms with Crippen LogP contribution in [0.4, 0.5) is 29.3 Å². The van der Waals surface area contributed by atoms with Gasteiger partial charge in [-0.1, -0.05) is 0 Å². The second-order valence-corrected chi connectivity index (χ2v) is 10.7. The van der Waals surface area contributed by atoms with E-state index in [-0.39, 0.29) is 0 Å². The molecule has 2 aromatic heterocycles. The van der Waals surface area contributed by atoms with Crippen molar-refractivity contribution in [2.45, 2.75) is 62.5 Å². The van der Waals surface area contributed by atoms with Crippen LogP contribution in [-0.2, 0) is 9.74 Å². The quantitative estimate of drug-likeness (QED) is 0.490. The number of hydrogen-bond donors (Lipinski definition) is 2. The largest absolute Gasteiger partial charge is 0.494 e. The fourth-order valence-electron chi connectivity index (χ4n) is 4.86. The number of carbonyl (C=O) groups is 1. The molecule has 0 radical (unpaired) electrons. The lowest BCUT2D eigenvalue weighted by molar-refractivity contribution is -0.234. The minimum Gasteiger partial charge on any atom is -0.324 e. The van der Waals surface area contributed by atoms with Crippen LogP contribution >= 0.6 is 0 Å². The highest BCUT2D eigenvalue weighted by Gasteiger charge is 2.42. The van der Waals surface area contributed by atoms with Crippen molar-refractivity contribution < 1.29 is 27.4 Å². The van der Waals surface area contributed by atoms with Crippen LogP contribution in [0.2, 0.25) is 0 Å². The number of pyridine rings is 1. The second-order valence-electron chi connectivity index (χ2n) is 10.7. The average molecular weight is 537 g/mol. The predicted molar refractivity (Wildman–Crippen MR) is 132 cm³/mol. The molecule has 2 aromatic rings. The zero-order valence-corrected chi connectivity index (χ0v) is 21.0. The maximum atomic E-state index is 10.7. The zero-order chi connectivity index (χ0) is 26.7. The molecule has 206 valence electrons. The van der Waals surface area contributed by atoms with Gasteiger partial charge in [-0.25, -0.2) is 19.7 Å². The summed E-state index contributed by atoms with van der Waals surface area (Å²) in [4.78, 5) is 27.8. The number of carbonyl (C=O) groups excluding carboxylic acids is 1. The highest BCUT2D eigenvalue weighted by Crippen LogP contribution is 2.39. The number of nitrogens with zero attached hydrogens (tertiary/aromatic N) is 4. The Morgan fingerprint density at radius 1 is 0.947 bits per heavy atom. The molecule has 4 fully saturated rings. The minimum absolute atomic E-state index is 0.531. The van der Waals surface area contributed by atoms with Crippen LogP contribution in [-0.4, -0.2) is 64.7 Å². The molecule has 6 rings (SSSR count). The molecule has 12 heteroatoms. The van der Waals surface area contributed by atoms with Gasteiger partial charge in [0.1, 0.15) is 11.6 Å². The molecule has 4 aliphatic rings. The topological polar surface area (TPSA) is 92.3 Å². The van der Waals surface area contributed by atoms with Gasteiger partial charge in [0.25, 0.3) is 0 Å². The van der Waals surface area contributed by atoms with Crippen LogP contribution < -0.4 is 10.6 Å². The van der Waals surface area contributed by atoms with Crippen molar-refractivity contribution >= 4 is 17.6 Å². The van der Waals surface area contributed by atoms with Crippen molar-refractivity contribution in [3.05, 3.63) is 41.5 Å². The van der Waals surface area contributed by atoms with Gasteiger partial charge in [-0.3, -0.25) is 4.98 Å². The summed E-state index contributed by atoms with van der Waals surface area (Å²) in [5.74, 6) is 1.67. The first-order valence-corrected chi connectivity index (χ1v) is 13.2. The summed E-state index contributed by atoms with van der Waals surface area (Å²) in [7, 11) is 0. The van der Waals surface area contributed by atoms with Gasteiger partial charge in [0.05, 0.1) is 18.1 Å². The SMILES string of the molecule is O=C(OF)C(F)(F)F.c1nc(C2CC2)cnc1Nc1cc(C2CCN(CC3CC3)CC2)cc(C2CNC2)n1. The monoisotopic (exact) mass is 536 g/mol. The molecule has 2 saturated heterocycles. The molecular formula is C26H32F4N6O2. The number of rotatable bonds is 7. The normalized spacial score (nSPS) is 20.7. The zero-order valence-electron chi connectivity index (χ0n) is 21.0. The van der Waals surface area contributed by atoms with Gasteiger partial charge < -0.3 is 15.5 Å². The molecule has 2 aliphatic heterocycles. The van der Waals surface area contributed by atoms with Crippen molar-refractivity contribution in [2.75, 3.05) is 38.0 Å². The number of halogens is 4. The molecule has 0 bridgehead atoms. The standard InChI is InChI=1S/C24H32N6.C2F4O2/c1-2-16(1)15-30-7-5-17(6-8-30)19-9-21(20-11-25-12-20)28-23(10-19)29-24-14-26-22(13-27-24)18-3-4-18;3-2(4,5)1(7)8-6/h9-10,13-14,16-18,20,25H,1-8,11-12,15H2,(H,27,28,29);. The summed E-state index contributed by atoms with van der Waals surface area (Å²) >= 11 is 0. The van der Waals surface area contributed by atoms with Gasteiger partial charge in [-0.15, -0.1) is 0 Å².